The van der Waals surface area contributed by atoms with Crippen LogP contribution in [0.3, 0.4) is 0 Å². The molecule has 0 radical (unpaired) electrons. The molecule has 1 N–H and O–H groups in total. The highest BCUT2D eigenvalue weighted by molar-refractivity contribution is 7.80. The fourth-order valence-corrected chi connectivity index (χ4v) is 3.81. The Morgan fingerprint density at radius 1 is 1.21 bits per heavy atom. The zero-order valence-electron chi connectivity index (χ0n) is 14.2. The molecule has 6 heteroatoms. The van der Waals surface area contributed by atoms with Crippen molar-refractivity contribution in [1.82, 2.24) is 15.2 Å². The van der Waals surface area contributed by atoms with E-state index in [-0.39, 0.29) is 0 Å². The Hall–Kier alpha value is -1.66. The third-order valence-corrected chi connectivity index (χ3v) is 5.36. The maximum Gasteiger partial charge on any atom is 0.185 e. The summed E-state index contributed by atoms with van der Waals surface area (Å²) in [7, 11) is 0. The summed E-state index contributed by atoms with van der Waals surface area (Å²) in [5, 5.41) is 7.49. The second kappa shape index (κ2) is 7.94. The second-order valence-electron chi connectivity index (χ2n) is 6.44. The maximum atomic E-state index is 5.50. The van der Waals surface area contributed by atoms with Gasteiger partial charge < -0.3 is 15.1 Å². The van der Waals surface area contributed by atoms with E-state index >= 15 is 0 Å². The first kappa shape index (κ1) is 17.2. The molecular formula is C18H24N4S2. The first-order valence-electron chi connectivity index (χ1n) is 8.42. The number of anilines is 1. The SMILES string of the molecule is CC(C)CNC(=S)N1CCN(c2nc(-c3ccccc3)cs2)CC1. The molecule has 0 bridgehead atoms. The molecule has 2 aromatic rings. The van der Waals surface area contributed by atoms with Gasteiger partial charge in [0, 0.05) is 43.7 Å². The summed E-state index contributed by atoms with van der Waals surface area (Å²) in [6.45, 7) is 9.15. The normalized spacial score (nSPS) is 15.0. The Balaban J connectivity index is 1.55. The highest BCUT2D eigenvalue weighted by Gasteiger charge is 2.21. The van der Waals surface area contributed by atoms with Crippen LogP contribution in [0.4, 0.5) is 5.13 Å². The van der Waals surface area contributed by atoms with Gasteiger partial charge in [0.15, 0.2) is 10.2 Å². The van der Waals surface area contributed by atoms with Gasteiger partial charge in [-0.15, -0.1) is 11.3 Å². The highest BCUT2D eigenvalue weighted by atomic mass is 32.1. The van der Waals surface area contributed by atoms with Crippen LogP contribution < -0.4 is 10.2 Å². The number of aromatic nitrogens is 1. The predicted octanol–water partition coefficient (Wildman–Crippen LogP) is 3.46. The average Bonchev–Trinajstić information content (AvgIpc) is 3.10. The predicted molar refractivity (Wildman–Crippen MR) is 107 cm³/mol. The second-order valence-corrected chi connectivity index (χ2v) is 7.66. The molecular weight excluding hydrogens is 336 g/mol. The Kier molecular flexibility index (Phi) is 5.68. The van der Waals surface area contributed by atoms with Crippen molar-refractivity contribution < 1.29 is 0 Å². The molecule has 1 aliphatic heterocycles. The number of nitrogens with one attached hydrogen (secondary N) is 1. The Labute approximate surface area is 153 Å². The molecule has 1 saturated heterocycles. The smallest absolute Gasteiger partial charge is 0.185 e. The summed E-state index contributed by atoms with van der Waals surface area (Å²) in [6, 6.07) is 10.4. The highest BCUT2D eigenvalue weighted by Crippen LogP contribution is 2.27. The fraction of sp³-hybridized carbons (Fsp3) is 0.444. The summed E-state index contributed by atoms with van der Waals surface area (Å²) in [5.41, 5.74) is 2.24. The lowest BCUT2D eigenvalue weighted by atomic mass is 10.2. The number of thiazole rings is 1. The quantitative estimate of drug-likeness (QED) is 0.844. The lowest BCUT2D eigenvalue weighted by Gasteiger charge is -2.36. The molecule has 0 amide bonds. The number of hydrogen-bond donors (Lipinski definition) is 1. The topological polar surface area (TPSA) is 31.4 Å². The van der Waals surface area contributed by atoms with Crippen LogP contribution in [-0.4, -0.2) is 47.7 Å². The molecule has 0 atom stereocenters. The zero-order valence-corrected chi connectivity index (χ0v) is 15.9. The number of piperazine rings is 1. The number of rotatable bonds is 4. The van der Waals surface area contributed by atoms with Crippen molar-refractivity contribution in [3.8, 4) is 11.3 Å². The van der Waals surface area contributed by atoms with Gasteiger partial charge in [-0.2, -0.15) is 0 Å². The molecule has 4 nitrogen and oxygen atoms in total. The van der Waals surface area contributed by atoms with Gasteiger partial charge in [-0.25, -0.2) is 4.98 Å². The lowest BCUT2D eigenvalue weighted by Crippen LogP contribution is -2.52. The molecule has 3 rings (SSSR count). The van der Waals surface area contributed by atoms with Gasteiger partial charge in [0.25, 0.3) is 0 Å². The van der Waals surface area contributed by atoms with Crippen molar-refractivity contribution in [2.75, 3.05) is 37.6 Å². The van der Waals surface area contributed by atoms with Gasteiger partial charge in [0.1, 0.15) is 0 Å². The summed E-state index contributed by atoms with van der Waals surface area (Å²) >= 11 is 7.22. The van der Waals surface area contributed by atoms with E-state index in [4.69, 9.17) is 17.2 Å². The standard InChI is InChI=1S/C18H24N4S2/c1-14(2)12-19-17(23)21-8-10-22(11-9-21)18-20-16(13-24-18)15-6-4-3-5-7-15/h3-7,13-14H,8-12H2,1-2H3,(H,19,23). The van der Waals surface area contributed by atoms with Gasteiger partial charge in [-0.3, -0.25) is 0 Å². The number of benzene rings is 1. The van der Waals surface area contributed by atoms with Crippen LogP contribution in [0.25, 0.3) is 11.3 Å². The summed E-state index contributed by atoms with van der Waals surface area (Å²) in [5.74, 6) is 0.607. The molecule has 0 unspecified atom stereocenters. The first-order valence-corrected chi connectivity index (χ1v) is 9.71. The summed E-state index contributed by atoms with van der Waals surface area (Å²) in [6.07, 6.45) is 0. The zero-order chi connectivity index (χ0) is 16.9. The minimum absolute atomic E-state index is 0.607. The monoisotopic (exact) mass is 360 g/mol. The van der Waals surface area contributed by atoms with Gasteiger partial charge in [0.2, 0.25) is 0 Å². The molecule has 1 aliphatic rings. The Bertz CT molecular complexity index is 661. The van der Waals surface area contributed by atoms with E-state index in [9.17, 15) is 0 Å². The van der Waals surface area contributed by atoms with E-state index in [1.807, 2.05) is 6.07 Å². The average molecular weight is 361 g/mol. The van der Waals surface area contributed by atoms with Crippen molar-refractivity contribution in [2.45, 2.75) is 13.8 Å². The van der Waals surface area contributed by atoms with Crippen LogP contribution in [0.5, 0.6) is 0 Å². The number of nitrogens with zero attached hydrogens (tertiary/aromatic N) is 3. The molecule has 0 spiro atoms. The molecule has 1 aromatic heterocycles. The van der Waals surface area contributed by atoms with Crippen molar-refractivity contribution in [3.63, 3.8) is 0 Å². The van der Waals surface area contributed by atoms with Gasteiger partial charge in [-0.1, -0.05) is 44.2 Å². The summed E-state index contributed by atoms with van der Waals surface area (Å²) in [4.78, 5) is 9.43. The lowest BCUT2D eigenvalue weighted by molar-refractivity contribution is 0.377. The van der Waals surface area contributed by atoms with E-state index in [1.165, 1.54) is 5.56 Å². The van der Waals surface area contributed by atoms with Crippen LogP contribution >= 0.6 is 23.6 Å². The van der Waals surface area contributed by atoms with Crippen LogP contribution in [0.15, 0.2) is 35.7 Å². The Morgan fingerprint density at radius 3 is 2.58 bits per heavy atom. The minimum Gasteiger partial charge on any atom is -0.362 e. The summed E-state index contributed by atoms with van der Waals surface area (Å²) < 4.78 is 0. The third kappa shape index (κ3) is 4.24. The Morgan fingerprint density at radius 2 is 1.92 bits per heavy atom. The van der Waals surface area contributed by atoms with Crippen molar-refractivity contribution in [1.29, 1.82) is 0 Å². The van der Waals surface area contributed by atoms with E-state index in [2.05, 4.69) is 58.6 Å². The van der Waals surface area contributed by atoms with E-state index in [0.29, 0.717) is 5.92 Å². The maximum absolute atomic E-state index is 5.50. The van der Waals surface area contributed by atoms with Crippen molar-refractivity contribution >= 4 is 33.8 Å². The molecule has 1 fully saturated rings. The van der Waals surface area contributed by atoms with Gasteiger partial charge in [-0.05, 0) is 18.1 Å². The molecule has 128 valence electrons. The molecule has 0 saturated carbocycles. The van der Waals surface area contributed by atoms with E-state index in [1.54, 1.807) is 11.3 Å². The minimum atomic E-state index is 0.607. The molecule has 0 aliphatic carbocycles. The van der Waals surface area contributed by atoms with Gasteiger partial charge in [0.05, 0.1) is 5.69 Å². The van der Waals surface area contributed by atoms with Crippen LogP contribution in [0, 0.1) is 5.92 Å². The molecule has 24 heavy (non-hydrogen) atoms. The fourth-order valence-electron chi connectivity index (χ4n) is 2.66. The number of hydrogen-bond acceptors (Lipinski definition) is 4. The van der Waals surface area contributed by atoms with E-state index in [0.717, 1.165) is 48.7 Å². The van der Waals surface area contributed by atoms with Crippen LogP contribution in [-0.2, 0) is 0 Å². The number of thiocarbonyl (C=S) groups is 1. The van der Waals surface area contributed by atoms with Crippen LogP contribution in [0.2, 0.25) is 0 Å². The largest absolute Gasteiger partial charge is 0.362 e. The first-order chi connectivity index (χ1) is 11.6. The molecule has 1 aromatic carbocycles. The van der Waals surface area contributed by atoms with Crippen molar-refractivity contribution in [2.24, 2.45) is 5.92 Å². The third-order valence-electron chi connectivity index (χ3n) is 4.06. The van der Waals surface area contributed by atoms with Crippen LogP contribution in [0.1, 0.15) is 13.8 Å². The van der Waals surface area contributed by atoms with Gasteiger partial charge >= 0.3 is 0 Å². The van der Waals surface area contributed by atoms with E-state index < -0.39 is 0 Å². The molecule has 2 heterocycles. The van der Waals surface area contributed by atoms with Crippen molar-refractivity contribution in [3.05, 3.63) is 35.7 Å².